The summed E-state index contributed by atoms with van der Waals surface area (Å²) in [7, 11) is 0. The summed E-state index contributed by atoms with van der Waals surface area (Å²) in [6.45, 7) is 1.44. The number of hydrogen-bond donors (Lipinski definition) is 0. The van der Waals surface area contributed by atoms with Crippen molar-refractivity contribution in [1.82, 2.24) is 4.98 Å². The van der Waals surface area contributed by atoms with Crippen molar-refractivity contribution in [3.05, 3.63) is 26.5 Å². The molecule has 0 aliphatic carbocycles. The number of aromatic nitrogens is 1. The molecule has 0 aliphatic heterocycles. The molecule has 0 N–H and O–H groups in total. The minimum absolute atomic E-state index is 0.201. The minimum atomic E-state index is -4.37. The Morgan fingerprint density at radius 3 is 2.50 bits per heavy atom. The first-order valence-electron chi connectivity index (χ1n) is 4.17. The van der Waals surface area contributed by atoms with Gasteiger partial charge in [0.1, 0.15) is 5.01 Å². The molecule has 16 heavy (non-hydrogen) atoms. The van der Waals surface area contributed by atoms with E-state index in [0.29, 0.717) is 5.01 Å². The molecule has 2 rings (SSSR count). The predicted molar refractivity (Wildman–Crippen MR) is 62.9 cm³/mol. The number of nitrogens with zero attached hydrogens (tertiary/aromatic N) is 1. The first-order valence-corrected chi connectivity index (χ1v) is 6.66. The fraction of sp³-hybridized carbons (Fsp3) is 0.222. The summed E-state index contributed by atoms with van der Waals surface area (Å²) in [5.74, 6) is 0. The van der Waals surface area contributed by atoms with Gasteiger partial charge < -0.3 is 0 Å². The summed E-state index contributed by atoms with van der Waals surface area (Å²) in [5, 5.41) is 2.24. The van der Waals surface area contributed by atoms with E-state index < -0.39 is 11.9 Å². The number of rotatable bonds is 1. The Hall–Kier alpha value is -0.400. The highest BCUT2D eigenvalue weighted by Crippen LogP contribution is 2.39. The second kappa shape index (κ2) is 4.12. The summed E-state index contributed by atoms with van der Waals surface area (Å²) in [5.41, 5.74) is -0.781. The molecule has 0 amide bonds. The largest absolute Gasteiger partial charge is 0.434 e. The lowest BCUT2D eigenvalue weighted by Crippen LogP contribution is -2.06. The lowest BCUT2D eigenvalue weighted by Gasteiger charge is -2.01. The molecule has 2 aromatic rings. The van der Waals surface area contributed by atoms with Crippen LogP contribution in [0.2, 0.25) is 0 Å². The maximum atomic E-state index is 12.5. The molecule has 7 heteroatoms. The predicted octanol–water partition coefficient (Wildman–Crippen LogP) is 4.96. The van der Waals surface area contributed by atoms with Crippen molar-refractivity contribution in [3.63, 3.8) is 0 Å². The zero-order chi connectivity index (χ0) is 11.9. The minimum Gasteiger partial charge on any atom is -0.230 e. The highest BCUT2D eigenvalue weighted by Gasteiger charge is 2.36. The molecule has 0 fully saturated rings. The van der Waals surface area contributed by atoms with E-state index in [1.165, 1.54) is 18.3 Å². The molecule has 0 radical (unpaired) electrons. The Bertz CT molecular complexity index is 515. The van der Waals surface area contributed by atoms with Crippen LogP contribution in [0.4, 0.5) is 13.2 Å². The van der Waals surface area contributed by atoms with Crippen LogP contribution in [0, 0.1) is 6.92 Å². The van der Waals surface area contributed by atoms with E-state index in [-0.39, 0.29) is 4.88 Å². The Labute approximate surface area is 106 Å². The Kier molecular flexibility index (Phi) is 3.11. The van der Waals surface area contributed by atoms with Crippen LogP contribution in [-0.4, -0.2) is 4.98 Å². The molecule has 0 saturated carbocycles. The number of alkyl halides is 3. The van der Waals surface area contributed by atoms with Gasteiger partial charge in [-0.15, -0.1) is 22.7 Å². The van der Waals surface area contributed by atoms with Crippen molar-refractivity contribution in [1.29, 1.82) is 0 Å². The average molecular weight is 328 g/mol. The van der Waals surface area contributed by atoms with Gasteiger partial charge in [-0.3, -0.25) is 0 Å². The van der Waals surface area contributed by atoms with Gasteiger partial charge >= 0.3 is 6.18 Å². The fourth-order valence-electron chi connectivity index (χ4n) is 1.19. The summed E-state index contributed by atoms with van der Waals surface area (Å²) < 4.78 is 38.4. The maximum absolute atomic E-state index is 12.5. The normalized spacial score (nSPS) is 12.1. The van der Waals surface area contributed by atoms with Gasteiger partial charge in [0, 0.05) is 14.7 Å². The first-order chi connectivity index (χ1) is 7.38. The van der Waals surface area contributed by atoms with Crippen molar-refractivity contribution in [2.45, 2.75) is 13.1 Å². The number of aryl methyl sites for hydroxylation is 1. The summed E-state index contributed by atoms with van der Waals surface area (Å²) >= 11 is 5.69. The molecule has 2 heterocycles. The van der Waals surface area contributed by atoms with Crippen LogP contribution in [0.1, 0.15) is 10.6 Å². The van der Waals surface area contributed by atoms with Crippen LogP contribution in [0.5, 0.6) is 0 Å². The third-order valence-corrected chi connectivity index (χ3v) is 4.67. The number of halogens is 4. The van der Waals surface area contributed by atoms with Crippen molar-refractivity contribution in [2.75, 3.05) is 0 Å². The molecule has 0 spiro atoms. The van der Waals surface area contributed by atoms with Gasteiger partial charge in [0.25, 0.3) is 0 Å². The average Bonchev–Trinajstić information content (AvgIpc) is 2.70. The van der Waals surface area contributed by atoms with Crippen LogP contribution in [-0.2, 0) is 6.18 Å². The van der Waals surface area contributed by atoms with Crippen molar-refractivity contribution in [3.8, 4) is 9.88 Å². The molecule has 0 bridgehead atoms. The van der Waals surface area contributed by atoms with Gasteiger partial charge in [-0.2, -0.15) is 13.2 Å². The third kappa shape index (κ3) is 2.31. The van der Waals surface area contributed by atoms with Crippen LogP contribution >= 0.6 is 38.6 Å². The highest BCUT2D eigenvalue weighted by atomic mass is 79.9. The maximum Gasteiger partial charge on any atom is 0.434 e. The van der Waals surface area contributed by atoms with Gasteiger partial charge in [0.2, 0.25) is 0 Å². The topological polar surface area (TPSA) is 12.9 Å². The molecule has 86 valence electrons. The van der Waals surface area contributed by atoms with E-state index >= 15 is 0 Å². The SMILES string of the molecule is Cc1sc(-c2cc(Br)cs2)nc1C(F)(F)F. The van der Waals surface area contributed by atoms with Crippen molar-refractivity contribution in [2.24, 2.45) is 0 Å². The van der Waals surface area contributed by atoms with Crippen molar-refractivity contribution >= 4 is 38.6 Å². The van der Waals surface area contributed by atoms with Gasteiger partial charge in [-0.1, -0.05) is 0 Å². The molecular formula is C9H5BrF3NS2. The Morgan fingerprint density at radius 2 is 2.06 bits per heavy atom. The molecule has 0 aliphatic rings. The van der Waals surface area contributed by atoms with E-state index in [9.17, 15) is 13.2 Å². The number of thiophene rings is 1. The third-order valence-electron chi connectivity index (χ3n) is 1.84. The summed E-state index contributed by atoms with van der Waals surface area (Å²) in [6.07, 6.45) is -4.37. The molecule has 0 aromatic carbocycles. The molecule has 0 saturated heterocycles. The quantitative estimate of drug-likeness (QED) is 0.721. The van der Waals surface area contributed by atoms with E-state index in [1.807, 2.05) is 5.38 Å². The molecule has 0 atom stereocenters. The summed E-state index contributed by atoms with van der Waals surface area (Å²) in [4.78, 5) is 4.59. The standard InChI is InChI=1S/C9H5BrF3NS2/c1-4-7(9(11,12)13)14-8(16-4)6-2-5(10)3-15-6/h2-3H,1H3. The summed E-state index contributed by atoms with van der Waals surface area (Å²) in [6, 6.07) is 1.77. The number of thiazole rings is 1. The van der Waals surface area contributed by atoms with E-state index in [2.05, 4.69) is 20.9 Å². The van der Waals surface area contributed by atoms with Gasteiger partial charge in [-0.05, 0) is 28.9 Å². The fourth-order valence-corrected chi connectivity index (χ4v) is 3.61. The number of hydrogen-bond acceptors (Lipinski definition) is 3. The van der Waals surface area contributed by atoms with Crippen LogP contribution in [0.15, 0.2) is 15.9 Å². The highest BCUT2D eigenvalue weighted by molar-refractivity contribution is 9.10. The second-order valence-electron chi connectivity index (χ2n) is 3.05. The molecule has 2 aromatic heterocycles. The van der Waals surface area contributed by atoms with Crippen LogP contribution in [0.3, 0.4) is 0 Å². The van der Waals surface area contributed by atoms with E-state index in [0.717, 1.165) is 20.7 Å². The zero-order valence-corrected chi connectivity index (χ0v) is 11.1. The van der Waals surface area contributed by atoms with Crippen LogP contribution in [0.25, 0.3) is 9.88 Å². The lowest BCUT2D eigenvalue weighted by atomic mass is 10.4. The van der Waals surface area contributed by atoms with Gasteiger partial charge in [0.15, 0.2) is 5.69 Å². The van der Waals surface area contributed by atoms with Crippen LogP contribution < -0.4 is 0 Å². The Balaban J connectivity index is 2.46. The molecule has 1 nitrogen and oxygen atoms in total. The molecular weight excluding hydrogens is 323 g/mol. The Morgan fingerprint density at radius 1 is 1.38 bits per heavy atom. The monoisotopic (exact) mass is 327 g/mol. The smallest absolute Gasteiger partial charge is 0.230 e. The lowest BCUT2D eigenvalue weighted by molar-refractivity contribution is -0.141. The van der Waals surface area contributed by atoms with E-state index in [1.54, 1.807) is 6.07 Å². The van der Waals surface area contributed by atoms with E-state index in [4.69, 9.17) is 0 Å². The second-order valence-corrected chi connectivity index (χ2v) is 6.08. The van der Waals surface area contributed by atoms with Crippen molar-refractivity contribution < 1.29 is 13.2 Å². The molecule has 0 unspecified atom stereocenters. The van der Waals surface area contributed by atoms with Gasteiger partial charge in [0.05, 0.1) is 4.88 Å². The zero-order valence-electron chi connectivity index (χ0n) is 7.93. The first kappa shape index (κ1) is 12.1. The van der Waals surface area contributed by atoms with Gasteiger partial charge in [-0.25, -0.2) is 4.98 Å².